The van der Waals surface area contributed by atoms with Gasteiger partial charge in [0.05, 0.1) is 22.5 Å². The minimum Gasteiger partial charge on any atom is -0.489 e. The lowest BCUT2D eigenvalue weighted by Crippen LogP contribution is -2.10. The van der Waals surface area contributed by atoms with E-state index in [1.807, 2.05) is 19.9 Å². The molecule has 0 fully saturated rings. The van der Waals surface area contributed by atoms with Crippen molar-refractivity contribution in [3.8, 4) is 28.5 Å². The van der Waals surface area contributed by atoms with Gasteiger partial charge in [0.1, 0.15) is 11.4 Å². The Morgan fingerprint density at radius 1 is 1.09 bits per heavy atom. The Kier molecular flexibility index (Phi) is 6.69. The van der Waals surface area contributed by atoms with Crippen LogP contribution in [-0.4, -0.2) is 31.3 Å². The molecule has 3 heterocycles. The van der Waals surface area contributed by atoms with Crippen molar-refractivity contribution in [3.05, 3.63) is 71.3 Å². The van der Waals surface area contributed by atoms with E-state index in [2.05, 4.69) is 30.5 Å². The first-order chi connectivity index (χ1) is 16.2. The third-order valence-electron chi connectivity index (χ3n) is 4.65. The van der Waals surface area contributed by atoms with Crippen LogP contribution in [0.5, 0.6) is 5.75 Å². The monoisotopic (exact) mass is 488 g/mol. The predicted octanol–water partition coefficient (Wildman–Crippen LogP) is 6.00. The molecule has 0 aliphatic carbocycles. The standard InChI is InChI=1S/C23H20ClF3N6O/c1-13(2)34-20-4-3-15(7-17(20)24)22-29-11-14(12-30-22)10-28-16-8-19(18-5-6-31-33-18)32-21(9-16)23(25,26)27/h3-9,11-13H,10H2,1-2H3,(H,28,32)(H,31,33). The summed E-state index contributed by atoms with van der Waals surface area (Å²) in [5.41, 5.74) is 1.16. The molecule has 34 heavy (non-hydrogen) atoms. The number of rotatable bonds is 7. The van der Waals surface area contributed by atoms with Crippen molar-refractivity contribution in [1.82, 2.24) is 25.1 Å². The molecule has 0 radical (unpaired) electrons. The van der Waals surface area contributed by atoms with E-state index in [-0.39, 0.29) is 24.0 Å². The molecule has 0 amide bonds. The number of ether oxygens (including phenoxy) is 1. The Hall–Kier alpha value is -3.66. The summed E-state index contributed by atoms with van der Waals surface area (Å²) in [4.78, 5) is 12.4. The number of aromatic nitrogens is 5. The third-order valence-corrected chi connectivity index (χ3v) is 4.94. The average Bonchev–Trinajstić information content (AvgIpc) is 3.33. The second kappa shape index (κ2) is 9.68. The number of H-pyrrole nitrogens is 1. The second-order valence-electron chi connectivity index (χ2n) is 7.67. The molecule has 3 aromatic heterocycles. The highest BCUT2D eigenvalue weighted by Crippen LogP contribution is 2.32. The van der Waals surface area contributed by atoms with E-state index < -0.39 is 11.9 Å². The third kappa shape index (κ3) is 5.63. The van der Waals surface area contributed by atoms with Gasteiger partial charge in [0.15, 0.2) is 5.82 Å². The lowest BCUT2D eigenvalue weighted by atomic mass is 10.2. The van der Waals surface area contributed by atoms with E-state index in [0.29, 0.717) is 33.4 Å². The number of hydrogen-bond donors (Lipinski definition) is 2. The van der Waals surface area contributed by atoms with Crippen LogP contribution in [0.4, 0.5) is 18.9 Å². The summed E-state index contributed by atoms with van der Waals surface area (Å²) in [5, 5.41) is 9.83. The molecular weight excluding hydrogens is 469 g/mol. The maximum atomic E-state index is 13.3. The zero-order valence-electron chi connectivity index (χ0n) is 18.2. The molecule has 0 saturated carbocycles. The van der Waals surface area contributed by atoms with Gasteiger partial charge in [0, 0.05) is 41.9 Å². The van der Waals surface area contributed by atoms with Crippen molar-refractivity contribution in [2.75, 3.05) is 5.32 Å². The van der Waals surface area contributed by atoms with E-state index in [1.165, 1.54) is 12.3 Å². The summed E-state index contributed by atoms with van der Waals surface area (Å²) in [6, 6.07) is 9.31. The highest BCUT2D eigenvalue weighted by Gasteiger charge is 2.33. The molecule has 176 valence electrons. The van der Waals surface area contributed by atoms with E-state index in [0.717, 1.165) is 6.07 Å². The van der Waals surface area contributed by atoms with Crippen LogP contribution in [0, 0.1) is 0 Å². The number of halogens is 4. The van der Waals surface area contributed by atoms with Crippen LogP contribution >= 0.6 is 11.6 Å². The molecular formula is C23H20ClF3N6O. The van der Waals surface area contributed by atoms with Crippen LogP contribution < -0.4 is 10.1 Å². The first-order valence-corrected chi connectivity index (χ1v) is 10.7. The van der Waals surface area contributed by atoms with Crippen LogP contribution in [0.3, 0.4) is 0 Å². The molecule has 0 spiro atoms. The smallest absolute Gasteiger partial charge is 0.433 e. The molecule has 7 nitrogen and oxygen atoms in total. The average molecular weight is 489 g/mol. The summed E-state index contributed by atoms with van der Waals surface area (Å²) >= 11 is 6.28. The molecule has 11 heteroatoms. The molecule has 1 aromatic carbocycles. The van der Waals surface area contributed by atoms with Crippen molar-refractivity contribution in [3.63, 3.8) is 0 Å². The fourth-order valence-electron chi connectivity index (χ4n) is 3.10. The van der Waals surface area contributed by atoms with Gasteiger partial charge in [-0.25, -0.2) is 15.0 Å². The fourth-order valence-corrected chi connectivity index (χ4v) is 3.33. The Morgan fingerprint density at radius 2 is 1.85 bits per heavy atom. The summed E-state index contributed by atoms with van der Waals surface area (Å²) in [7, 11) is 0. The summed E-state index contributed by atoms with van der Waals surface area (Å²) < 4.78 is 45.6. The molecule has 4 aromatic rings. The number of aromatic amines is 1. The topological polar surface area (TPSA) is 88.6 Å². The fraction of sp³-hybridized carbons (Fsp3) is 0.217. The van der Waals surface area contributed by atoms with Crippen molar-refractivity contribution < 1.29 is 17.9 Å². The molecule has 0 bridgehead atoms. The van der Waals surface area contributed by atoms with Gasteiger partial charge in [0.2, 0.25) is 0 Å². The summed E-state index contributed by atoms with van der Waals surface area (Å²) in [5.74, 6) is 1.04. The number of nitrogens with zero attached hydrogens (tertiary/aromatic N) is 4. The maximum Gasteiger partial charge on any atom is 0.433 e. The molecule has 0 aliphatic rings. The minimum atomic E-state index is -4.59. The van der Waals surface area contributed by atoms with Crippen LogP contribution in [0.15, 0.2) is 55.0 Å². The van der Waals surface area contributed by atoms with E-state index >= 15 is 0 Å². The molecule has 2 N–H and O–H groups in total. The largest absolute Gasteiger partial charge is 0.489 e. The quantitative estimate of drug-likeness (QED) is 0.331. The number of benzene rings is 1. The van der Waals surface area contributed by atoms with E-state index in [9.17, 15) is 13.2 Å². The lowest BCUT2D eigenvalue weighted by Gasteiger charge is -2.13. The number of hydrogen-bond acceptors (Lipinski definition) is 6. The highest BCUT2D eigenvalue weighted by molar-refractivity contribution is 6.32. The predicted molar refractivity (Wildman–Crippen MR) is 122 cm³/mol. The normalized spacial score (nSPS) is 11.6. The Morgan fingerprint density at radius 3 is 2.47 bits per heavy atom. The first kappa shape index (κ1) is 23.5. The minimum absolute atomic E-state index is 0.00504. The number of anilines is 1. The SMILES string of the molecule is CC(C)Oc1ccc(-c2ncc(CNc3cc(-c4ccn[nH]4)nc(C(F)(F)F)c3)cn2)cc1Cl. The van der Waals surface area contributed by atoms with Gasteiger partial charge in [0.25, 0.3) is 0 Å². The molecule has 0 atom stereocenters. The number of pyridine rings is 1. The van der Waals surface area contributed by atoms with Crippen molar-refractivity contribution in [2.45, 2.75) is 32.7 Å². The van der Waals surface area contributed by atoms with Gasteiger partial charge >= 0.3 is 6.18 Å². The van der Waals surface area contributed by atoms with Crippen LogP contribution in [0.25, 0.3) is 22.8 Å². The Labute approximate surface area is 198 Å². The number of nitrogens with one attached hydrogen (secondary N) is 2. The molecule has 0 unspecified atom stereocenters. The van der Waals surface area contributed by atoms with Crippen molar-refractivity contribution in [2.24, 2.45) is 0 Å². The van der Waals surface area contributed by atoms with Crippen LogP contribution in [0.2, 0.25) is 5.02 Å². The van der Waals surface area contributed by atoms with Gasteiger partial charge in [-0.15, -0.1) is 0 Å². The Balaban J connectivity index is 1.49. The van der Waals surface area contributed by atoms with Crippen molar-refractivity contribution in [1.29, 1.82) is 0 Å². The Bertz CT molecular complexity index is 1260. The van der Waals surface area contributed by atoms with E-state index in [4.69, 9.17) is 16.3 Å². The van der Waals surface area contributed by atoms with Crippen LogP contribution in [-0.2, 0) is 12.7 Å². The van der Waals surface area contributed by atoms with Gasteiger partial charge in [-0.3, -0.25) is 5.10 Å². The van der Waals surface area contributed by atoms with Gasteiger partial charge < -0.3 is 10.1 Å². The summed E-state index contributed by atoms with van der Waals surface area (Å²) in [6.07, 6.45) is 0.0530. The zero-order chi connectivity index (χ0) is 24.3. The lowest BCUT2D eigenvalue weighted by molar-refractivity contribution is -0.141. The summed E-state index contributed by atoms with van der Waals surface area (Å²) in [6.45, 7) is 4.04. The van der Waals surface area contributed by atoms with Gasteiger partial charge in [-0.2, -0.15) is 18.3 Å². The van der Waals surface area contributed by atoms with Crippen LogP contribution in [0.1, 0.15) is 25.1 Å². The molecule has 4 rings (SSSR count). The highest BCUT2D eigenvalue weighted by atomic mass is 35.5. The first-order valence-electron chi connectivity index (χ1n) is 10.3. The molecule has 0 aliphatic heterocycles. The van der Waals surface area contributed by atoms with Gasteiger partial charge in [-0.05, 0) is 50.2 Å². The second-order valence-corrected chi connectivity index (χ2v) is 8.08. The van der Waals surface area contributed by atoms with Gasteiger partial charge in [-0.1, -0.05) is 11.6 Å². The molecule has 0 saturated heterocycles. The van der Waals surface area contributed by atoms with E-state index in [1.54, 1.807) is 30.6 Å². The number of alkyl halides is 3. The van der Waals surface area contributed by atoms with Crippen molar-refractivity contribution >= 4 is 17.3 Å². The maximum absolute atomic E-state index is 13.3. The zero-order valence-corrected chi connectivity index (χ0v) is 18.9.